The Labute approximate surface area is 102 Å². The number of esters is 1. The molecule has 2 rings (SSSR count). The van der Waals surface area contributed by atoms with Crippen molar-refractivity contribution >= 4 is 5.97 Å². The normalized spacial score (nSPS) is 10.1. The van der Waals surface area contributed by atoms with Crippen LogP contribution in [0.25, 0.3) is 11.1 Å². The highest BCUT2D eigenvalue weighted by atomic mass is 19.1. The minimum Gasteiger partial charge on any atom is -0.465 e. The Bertz CT molecular complexity index is 649. The van der Waals surface area contributed by atoms with Crippen LogP contribution in [0.5, 0.6) is 0 Å². The van der Waals surface area contributed by atoms with Gasteiger partial charge in [0.05, 0.1) is 12.7 Å². The second kappa shape index (κ2) is 4.83. The largest absolute Gasteiger partial charge is 0.465 e. The number of methoxy groups -OCH3 is 1. The maximum Gasteiger partial charge on any atom is 0.340 e. The zero-order chi connectivity index (χ0) is 13.1. The third-order valence-corrected chi connectivity index (χ3v) is 2.50. The highest BCUT2D eigenvalue weighted by Crippen LogP contribution is 2.19. The summed E-state index contributed by atoms with van der Waals surface area (Å²) in [6, 6.07) is 7.15. The lowest BCUT2D eigenvalue weighted by atomic mass is 10.0. The molecule has 1 heterocycles. The van der Waals surface area contributed by atoms with Crippen molar-refractivity contribution in [3.05, 3.63) is 58.3 Å². The van der Waals surface area contributed by atoms with Crippen molar-refractivity contribution in [2.45, 2.75) is 0 Å². The molecule has 1 aromatic carbocycles. The molecule has 0 bridgehead atoms. The van der Waals surface area contributed by atoms with Crippen LogP contribution in [0.15, 0.2) is 41.3 Å². The van der Waals surface area contributed by atoms with E-state index in [4.69, 9.17) is 0 Å². The molecule has 1 aromatic heterocycles. The van der Waals surface area contributed by atoms with Gasteiger partial charge in [0, 0.05) is 11.8 Å². The fourth-order valence-corrected chi connectivity index (χ4v) is 1.61. The average Bonchev–Trinajstić information content (AvgIpc) is 2.38. The molecule has 0 saturated carbocycles. The van der Waals surface area contributed by atoms with Gasteiger partial charge in [-0.05, 0) is 29.8 Å². The van der Waals surface area contributed by atoms with Crippen LogP contribution in [0.4, 0.5) is 4.39 Å². The van der Waals surface area contributed by atoms with E-state index in [1.54, 1.807) is 12.1 Å². The van der Waals surface area contributed by atoms with E-state index in [-0.39, 0.29) is 11.1 Å². The van der Waals surface area contributed by atoms with Crippen molar-refractivity contribution in [1.29, 1.82) is 0 Å². The van der Waals surface area contributed by atoms with Gasteiger partial charge in [0.15, 0.2) is 0 Å². The molecule has 0 radical (unpaired) electrons. The number of carbonyl (C=O) groups is 1. The lowest BCUT2D eigenvalue weighted by Gasteiger charge is -2.04. The summed E-state index contributed by atoms with van der Waals surface area (Å²) in [6.07, 6.45) is 1.49. The number of rotatable bonds is 2. The van der Waals surface area contributed by atoms with Gasteiger partial charge < -0.3 is 9.72 Å². The van der Waals surface area contributed by atoms with Crippen LogP contribution in [0, 0.1) is 5.82 Å². The minimum atomic E-state index is -0.749. The summed E-state index contributed by atoms with van der Waals surface area (Å²) in [5.74, 6) is -1.47. The molecule has 0 aliphatic carbocycles. The fraction of sp³-hybridized carbons (Fsp3) is 0.0769. The standard InChI is InChI=1S/C13H10FNO3/c1-18-13(17)10-5-4-8(7-11(10)14)9-3-2-6-15-12(9)16/h2-7H,1H3,(H,15,16). The molecule has 0 amide bonds. The van der Waals surface area contributed by atoms with E-state index in [2.05, 4.69) is 9.72 Å². The van der Waals surface area contributed by atoms with E-state index < -0.39 is 11.8 Å². The van der Waals surface area contributed by atoms with Crippen molar-refractivity contribution in [2.75, 3.05) is 7.11 Å². The number of H-pyrrole nitrogens is 1. The third kappa shape index (κ3) is 2.15. The minimum absolute atomic E-state index is 0.159. The number of pyridine rings is 1. The number of aromatic amines is 1. The molecule has 18 heavy (non-hydrogen) atoms. The number of hydrogen-bond acceptors (Lipinski definition) is 3. The van der Waals surface area contributed by atoms with E-state index in [1.807, 2.05) is 0 Å². The molecule has 5 heteroatoms. The number of nitrogens with one attached hydrogen (secondary N) is 1. The molecule has 0 aliphatic heterocycles. The molecule has 0 fully saturated rings. The first-order valence-corrected chi connectivity index (χ1v) is 5.19. The van der Waals surface area contributed by atoms with Crippen molar-refractivity contribution in [2.24, 2.45) is 0 Å². The van der Waals surface area contributed by atoms with Gasteiger partial charge in [-0.1, -0.05) is 6.07 Å². The van der Waals surface area contributed by atoms with Gasteiger partial charge in [0.2, 0.25) is 0 Å². The SMILES string of the molecule is COC(=O)c1ccc(-c2ccc[nH]c2=O)cc1F. The molecule has 0 aliphatic rings. The molecule has 4 nitrogen and oxygen atoms in total. The lowest BCUT2D eigenvalue weighted by Crippen LogP contribution is -2.08. The van der Waals surface area contributed by atoms with E-state index in [1.165, 1.54) is 25.4 Å². The number of hydrogen-bond donors (Lipinski definition) is 1. The summed E-state index contributed by atoms with van der Waals surface area (Å²) in [5, 5.41) is 0. The van der Waals surface area contributed by atoms with Crippen LogP contribution in [-0.2, 0) is 4.74 Å². The van der Waals surface area contributed by atoms with Gasteiger partial charge >= 0.3 is 5.97 Å². The average molecular weight is 247 g/mol. The highest BCUT2D eigenvalue weighted by Gasteiger charge is 2.13. The first-order chi connectivity index (χ1) is 8.63. The summed E-state index contributed by atoms with van der Waals surface area (Å²) in [6.45, 7) is 0. The Balaban J connectivity index is 2.50. The van der Waals surface area contributed by atoms with Crippen LogP contribution in [0.3, 0.4) is 0 Å². The Morgan fingerprint density at radius 2 is 2.11 bits per heavy atom. The Kier molecular flexibility index (Phi) is 3.23. The number of carbonyl (C=O) groups excluding carboxylic acids is 1. The highest BCUT2D eigenvalue weighted by molar-refractivity contribution is 5.90. The lowest BCUT2D eigenvalue weighted by molar-refractivity contribution is 0.0595. The van der Waals surface area contributed by atoms with E-state index in [0.29, 0.717) is 11.1 Å². The zero-order valence-corrected chi connectivity index (χ0v) is 9.57. The van der Waals surface area contributed by atoms with Gasteiger partial charge in [-0.15, -0.1) is 0 Å². The number of ether oxygens (including phenoxy) is 1. The Hall–Kier alpha value is -2.43. The van der Waals surface area contributed by atoms with Crippen LogP contribution in [0.2, 0.25) is 0 Å². The Morgan fingerprint density at radius 3 is 2.72 bits per heavy atom. The van der Waals surface area contributed by atoms with Gasteiger partial charge in [0.1, 0.15) is 5.82 Å². The first-order valence-electron chi connectivity index (χ1n) is 5.19. The smallest absolute Gasteiger partial charge is 0.340 e. The summed E-state index contributed by atoms with van der Waals surface area (Å²) >= 11 is 0. The van der Waals surface area contributed by atoms with Crippen molar-refractivity contribution in [1.82, 2.24) is 4.98 Å². The molecule has 0 unspecified atom stereocenters. The topological polar surface area (TPSA) is 59.2 Å². The maximum absolute atomic E-state index is 13.7. The third-order valence-electron chi connectivity index (χ3n) is 2.50. The van der Waals surface area contributed by atoms with Crippen LogP contribution in [0.1, 0.15) is 10.4 Å². The predicted octanol–water partition coefficient (Wildman–Crippen LogP) is 1.97. The summed E-state index contributed by atoms with van der Waals surface area (Å²) in [5.41, 5.74) is 0.270. The summed E-state index contributed by atoms with van der Waals surface area (Å²) in [7, 11) is 1.18. The molecule has 92 valence electrons. The maximum atomic E-state index is 13.7. The molecule has 0 saturated heterocycles. The summed E-state index contributed by atoms with van der Waals surface area (Å²) < 4.78 is 18.1. The number of aromatic nitrogens is 1. The van der Waals surface area contributed by atoms with Crippen LogP contribution in [-0.4, -0.2) is 18.1 Å². The molecular weight excluding hydrogens is 237 g/mol. The summed E-state index contributed by atoms with van der Waals surface area (Å²) in [4.78, 5) is 25.3. The van der Waals surface area contributed by atoms with E-state index in [9.17, 15) is 14.0 Å². The van der Waals surface area contributed by atoms with E-state index >= 15 is 0 Å². The molecule has 0 spiro atoms. The van der Waals surface area contributed by atoms with Crippen LogP contribution >= 0.6 is 0 Å². The fourth-order valence-electron chi connectivity index (χ4n) is 1.61. The van der Waals surface area contributed by atoms with Crippen molar-refractivity contribution in [3.63, 3.8) is 0 Å². The van der Waals surface area contributed by atoms with Gasteiger partial charge in [-0.2, -0.15) is 0 Å². The molecular formula is C13H10FNO3. The number of halogens is 1. The quantitative estimate of drug-likeness (QED) is 0.825. The monoisotopic (exact) mass is 247 g/mol. The predicted molar refractivity (Wildman–Crippen MR) is 63.8 cm³/mol. The van der Waals surface area contributed by atoms with E-state index in [0.717, 1.165) is 6.07 Å². The molecule has 0 atom stereocenters. The number of benzene rings is 1. The molecule has 2 aromatic rings. The van der Waals surface area contributed by atoms with Crippen LogP contribution < -0.4 is 5.56 Å². The second-order valence-electron chi connectivity index (χ2n) is 3.60. The van der Waals surface area contributed by atoms with Gasteiger partial charge in [0.25, 0.3) is 5.56 Å². The van der Waals surface area contributed by atoms with Crippen molar-refractivity contribution < 1.29 is 13.9 Å². The molecule has 1 N–H and O–H groups in total. The second-order valence-corrected chi connectivity index (χ2v) is 3.60. The first kappa shape index (κ1) is 12.0. The van der Waals surface area contributed by atoms with Gasteiger partial charge in [-0.3, -0.25) is 4.79 Å². The van der Waals surface area contributed by atoms with Gasteiger partial charge in [-0.25, -0.2) is 9.18 Å². The Morgan fingerprint density at radius 1 is 1.33 bits per heavy atom. The van der Waals surface area contributed by atoms with Crippen molar-refractivity contribution in [3.8, 4) is 11.1 Å². The zero-order valence-electron chi connectivity index (χ0n) is 9.57.